The summed E-state index contributed by atoms with van der Waals surface area (Å²) in [5.74, 6) is 0.936. The number of nitrogens with one attached hydrogen (secondary N) is 1. The number of rotatable bonds is 6. The van der Waals surface area contributed by atoms with Gasteiger partial charge in [0.2, 0.25) is 0 Å². The number of piperazine rings is 1. The fraction of sp³-hybridized carbons (Fsp3) is 0.625. The first-order chi connectivity index (χ1) is 9.74. The van der Waals surface area contributed by atoms with E-state index in [4.69, 9.17) is 4.74 Å². The maximum atomic E-state index is 5.30. The summed E-state index contributed by atoms with van der Waals surface area (Å²) in [7, 11) is 1.72. The van der Waals surface area contributed by atoms with Gasteiger partial charge in [0.1, 0.15) is 5.75 Å². The molecule has 0 amide bonds. The van der Waals surface area contributed by atoms with Crippen molar-refractivity contribution in [2.45, 2.75) is 19.9 Å². The van der Waals surface area contributed by atoms with Crippen LogP contribution in [0, 0.1) is 0 Å². The molecule has 0 spiro atoms. The summed E-state index contributed by atoms with van der Waals surface area (Å²) in [6.45, 7) is 11.0. The van der Waals surface area contributed by atoms with Crippen LogP contribution in [0.4, 0.5) is 5.69 Å². The Balaban J connectivity index is 1.87. The molecule has 20 heavy (non-hydrogen) atoms. The number of benzene rings is 1. The third-order valence-electron chi connectivity index (χ3n) is 4.05. The predicted molar refractivity (Wildman–Crippen MR) is 84.8 cm³/mol. The lowest BCUT2D eigenvalue weighted by molar-refractivity contribution is 0.194. The third-order valence-corrected chi connectivity index (χ3v) is 4.05. The highest BCUT2D eigenvalue weighted by atomic mass is 16.5. The first-order valence-electron chi connectivity index (χ1n) is 7.58. The molecule has 1 aliphatic rings. The molecule has 0 radical (unpaired) electrons. The van der Waals surface area contributed by atoms with Crippen LogP contribution in [-0.4, -0.2) is 57.3 Å². The van der Waals surface area contributed by atoms with Crippen LogP contribution in [0.5, 0.6) is 5.75 Å². The number of ether oxygens (including phenoxy) is 1. The Morgan fingerprint density at radius 3 is 2.65 bits per heavy atom. The van der Waals surface area contributed by atoms with Crippen molar-refractivity contribution >= 4 is 5.69 Å². The van der Waals surface area contributed by atoms with Gasteiger partial charge in [0.05, 0.1) is 7.11 Å². The van der Waals surface area contributed by atoms with E-state index in [-0.39, 0.29) is 0 Å². The highest BCUT2D eigenvalue weighted by molar-refractivity contribution is 5.51. The molecule has 1 saturated heterocycles. The van der Waals surface area contributed by atoms with Gasteiger partial charge in [0.25, 0.3) is 0 Å². The lowest BCUT2D eigenvalue weighted by Gasteiger charge is -2.39. The molecule has 1 fully saturated rings. The molecular formula is C16H27N3O. The zero-order valence-electron chi connectivity index (χ0n) is 12.9. The molecule has 2 rings (SSSR count). The fourth-order valence-electron chi connectivity index (χ4n) is 2.71. The summed E-state index contributed by atoms with van der Waals surface area (Å²) in [5.41, 5.74) is 1.27. The van der Waals surface area contributed by atoms with Crippen molar-refractivity contribution in [2.24, 2.45) is 0 Å². The van der Waals surface area contributed by atoms with Gasteiger partial charge in [-0.05, 0) is 25.6 Å². The fourth-order valence-corrected chi connectivity index (χ4v) is 2.71. The Morgan fingerprint density at radius 2 is 2.00 bits per heavy atom. The predicted octanol–water partition coefficient (Wildman–Crippen LogP) is 1.82. The summed E-state index contributed by atoms with van der Waals surface area (Å²) in [6.07, 6.45) is 0. The first-order valence-corrected chi connectivity index (χ1v) is 7.58. The van der Waals surface area contributed by atoms with Gasteiger partial charge in [-0.25, -0.2) is 0 Å². The van der Waals surface area contributed by atoms with E-state index < -0.39 is 0 Å². The van der Waals surface area contributed by atoms with Crippen LogP contribution in [0.1, 0.15) is 13.8 Å². The number of methoxy groups -OCH3 is 1. The van der Waals surface area contributed by atoms with Crippen LogP contribution in [-0.2, 0) is 0 Å². The number of hydrogen-bond donors (Lipinski definition) is 1. The normalized spacial score (nSPS) is 18.1. The summed E-state index contributed by atoms with van der Waals surface area (Å²) in [4.78, 5) is 5.01. The molecular weight excluding hydrogens is 250 g/mol. The Kier molecular flexibility index (Phi) is 5.68. The average Bonchev–Trinajstić information content (AvgIpc) is 2.52. The smallest absolute Gasteiger partial charge is 0.120 e. The zero-order chi connectivity index (χ0) is 14.4. The number of hydrogen-bond acceptors (Lipinski definition) is 4. The van der Waals surface area contributed by atoms with Gasteiger partial charge in [-0.1, -0.05) is 13.0 Å². The first kappa shape index (κ1) is 15.1. The molecule has 4 heteroatoms. The van der Waals surface area contributed by atoms with Crippen molar-refractivity contribution in [2.75, 3.05) is 51.3 Å². The van der Waals surface area contributed by atoms with Crippen LogP contribution >= 0.6 is 0 Å². The standard InChI is InChI=1S/C16H27N3O/c1-4-17-13-14(2)18-8-10-19(11-9-18)15-6-5-7-16(12-15)20-3/h5-7,12,14,17H,4,8-11,13H2,1-3H3. The van der Waals surface area contributed by atoms with Gasteiger partial charge in [0, 0.05) is 50.5 Å². The van der Waals surface area contributed by atoms with Crippen molar-refractivity contribution in [3.8, 4) is 5.75 Å². The van der Waals surface area contributed by atoms with Crippen LogP contribution in [0.15, 0.2) is 24.3 Å². The number of anilines is 1. The Hall–Kier alpha value is -1.26. The SMILES string of the molecule is CCNCC(C)N1CCN(c2cccc(OC)c2)CC1. The summed E-state index contributed by atoms with van der Waals surface area (Å²) < 4.78 is 5.30. The lowest BCUT2D eigenvalue weighted by atomic mass is 10.2. The molecule has 0 bridgehead atoms. The van der Waals surface area contributed by atoms with Gasteiger partial charge in [-0.15, -0.1) is 0 Å². The van der Waals surface area contributed by atoms with Crippen molar-refractivity contribution in [3.63, 3.8) is 0 Å². The monoisotopic (exact) mass is 277 g/mol. The van der Waals surface area contributed by atoms with Crippen molar-refractivity contribution in [1.29, 1.82) is 0 Å². The van der Waals surface area contributed by atoms with Gasteiger partial charge in [-0.3, -0.25) is 4.90 Å². The van der Waals surface area contributed by atoms with Crippen LogP contribution in [0.2, 0.25) is 0 Å². The third kappa shape index (κ3) is 3.87. The topological polar surface area (TPSA) is 27.7 Å². The Labute approximate surface area is 122 Å². The molecule has 0 aliphatic carbocycles. The van der Waals surface area contributed by atoms with Crippen LogP contribution < -0.4 is 15.0 Å². The Bertz CT molecular complexity index is 402. The minimum Gasteiger partial charge on any atom is -0.497 e. The maximum Gasteiger partial charge on any atom is 0.120 e. The summed E-state index contributed by atoms with van der Waals surface area (Å²) >= 11 is 0. The molecule has 1 heterocycles. The highest BCUT2D eigenvalue weighted by Crippen LogP contribution is 2.22. The largest absolute Gasteiger partial charge is 0.497 e. The van der Waals surface area contributed by atoms with Crippen molar-refractivity contribution in [3.05, 3.63) is 24.3 Å². The minimum atomic E-state index is 0.613. The maximum absolute atomic E-state index is 5.30. The van der Waals surface area contributed by atoms with Gasteiger partial charge in [0.15, 0.2) is 0 Å². The van der Waals surface area contributed by atoms with Crippen molar-refractivity contribution in [1.82, 2.24) is 10.2 Å². The molecule has 1 aromatic rings. The second-order valence-corrected chi connectivity index (χ2v) is 5.38. The number of likely N-dealkylation sites (N-methyl/N-ethyl adjacent to an activating group) is 1. The average molecular weight is 277 g/mol. The molecule has 0 saturated carbocycles. The second kappa shape index (κ2) is 7.50. The minimum absolute atomic E-state index is 0.613. The number of nitrogens with zero attached hydrogens (tertiary/aromatic N) is 2. The van der Waals surface area contributed by atoms with E-state index in [1.54, 1.807) is 7.11 Å². The van der Waals surface area contributed by atoms with Crippen molar-refractivity contribution < 1.29 is 4.74 Å². The van der Waals surface area contributed by atoms with E-state index >= 15 is 0 Å². The van der Waals surface area contributed by atoms with E-state index in [1.807, 2.05) is 6.07 Å². The molecule has 4 nitrogen and oxygen atoms in total. The van der Waals surface area contributed by atoms with Gasteiger partial charge in [-0.2, -0.15) is 0 Å². The van der Waals surface area contributed by atoms with Crippen LogP contribution in [0.25, 0.3) is 0 Å². The Morgan fingerprint density at radius 1 is 1.25 bits per heavy atom. The molecule has 1 atom stereocenters. The molecule has 1 N–H and O–H groups in total. The molecule has 112 valence electrons. The van der Waals surface area contributed by atoms with Crippen LogP contribution in [0.3, 0.4) is 0 Å². The molecule has 0 aromatic heterocycles. The molecule has 1 aromatic carbocycles. The van der Waals surface area contributed by atoms with E-state index in [0.717, 1.165) is 45.0 Å². The second-order valence-electron chi connectivity index (χ2n) is 5.38. The molecule has 1 unspecified atom stereocenters. The van der Waals surface area contributed by atoms with Gasteiger partial charge >= 0.3 is 0 Å². The lowest BCUT2D eigenvalue weighted by Crippen LogP contribution is -2.52. The molecule has 1 aliphatic heterocycles. The quantitative estimate of drug-likeness (QED) is 0.858. The highest BCUT2D eigenvalue weighted by Gasteiger charge is 2.21. The van der Waals surface area contributed by atoms with E-state index in [1.165, 1.54) is 5.69 Å². The van der Waals surface area contributed by atoms with E-state index in [0.29, 0.717) is 6.04 Å². The zero-order valence-corrected chi connectivity index (χ0v) is 12.9. The van der Waals surface area contributed by atoms with E-state index in [9.17, 15) is 0 Å². The summed E-state index contributed by atoms with van der Waals surface area (Å²) in [6, 6.07) is 8.97. The van der Waals surface area contributed by atoms with E-state index in [2.05, 4.69) is 47.2 Å². The van der Waals surface area contributed by atoms with Gasteiger partial charge < -0.3 is 15.0 Å². The summed E-state index contributed by atoms with van der Waals surface area (Å²) in [5, 5.41) is 3.43.